The lowest BCUT2D eigenvalue weighted by Gasteiger charge is -2.10. The predicted octanol–water partition coefficient (Wildman–Crippen LogP) is 2.15. The average Bonchev–Trinajstić information content (AvgIpc) is 2.45. The van der Waals surface area contributed by atoms with E-state index in [1.54, 1.807) is 11.5 Å². The molecule has 1 aliphatic rings. The van der Waals surface area contributed by atoms with Crippen LogP contribution in [0.5, 0.6) is 0 Å². The third-order valence-electron chi connectivity index (χ3n) is 1.47. The maximum atomic E-state index is 2.47. The van der Waals surface area contributed by atoms with Gasteiger partial charge in [-0.25, -0.2) is 10.0 Å². The van der Waals surface area contributed by atoms with Gasteiger partial charge in [0.2, 0.25) is 0 Å². The number of hydrogen-bond donors (Lipinski definition) is 0. The first-order valence-corrected chi connectivity index (χ1v) is 6.76. The molecular weight excluding hydrogens is 136 g/mol. The van der Waals surface area contributed by atoms with Gasteiger partial charge >= 0.3 is 0 Å². The molecule has 0 aliphatic carbocycles. The van der Waals surface area contributed by atoms with Crippen LogP contribution in [0.1, 0.15) is 6.92 Å². The highest BCUT2D eigenvalue weighted by Gasteiger charge is 2.30. The number of hydrogen-bond acceptors (Lipinski definition) is 1. The maximum absolute atomic E-state index is 2.47. The molecule has 0 nitrogen and oxygen atoms in total. The molecule has 0 saturated carbocycles. The summed E-state index contributed by atoms with van der Waals surface area (Å²) in [6.45, 7) is 2.25. The molecule has 8 heavy (non-hydrogen) atoms. The first-order valence-electron chi connectivity index (χ1n) is 3.06. The Hall–Kier alpha value is 0.700. The molecule has 0 spiro atoms. The van der Waals surface area contributed by atoms with E-state index >= 15 is 0 Å². The van der Waals surface area contributed by atoms with Crippen LogP contribution < -0.4 is 0 Å². The minimum atomic E-state index is 0.0267. The molecule has 0 amide bonds. The Morgan fingerprint density at radius 3 is 2.50 bits per heavy atom. The van der Waals surface area contributed by atoms with E-state index in [0.29, 0.717) is 0 Å². The molecule has 0 radical (unpaired) electrons. The van der Waals surface area contributed by atoms with Crippen molar-refractivity contribution >= 4 is 21.8 Å². The van der Waals surface area contributed by atoms with Gasteiger partial charge in [0.1, 0.15) is 0 Å². The first-order chi connectivity index (χ1) is 3.77. The summed E-state index contributed by atoms with van der Waals surface area (Å²) in [5.74, 6) is 4.42. The third kappa shape index (κ3) is 1.90. The van der Waals surface area contributed by atoms with Crippen LogP contribution in [0, 0.1) is 0 Å². The monoisotopic (exact) mass is 150 g/mol. The molecule has 0 aromatic carbocycles. The van der Waals surface area contributed by atoms with Crippen LogP contribution in [0.15, 0.2) is 0 Å². The average molecular weight is 150 g/mol. The van der Waals surface area contributed by atoms with E-state index in [9.17, 15) is 0 Å². The SMILES string of the molecule is CCSCS1(C)CC1. The summed E-state index contributed by atoms with van der Waals surface area (Å²) in [5.41, 5.74) is 0. The van der Waals surface area contributed by atoms with Crippen LogP contribution >= 0.6 is 21.8 Å². The fourth-order valence-corrected chi connectivity index (χ4v) is 4.90. The Labute approximate surface area is 57.7 Å². The highest BCUT2D eigenvalue weighted by molar-refractivity contribution is 8.44. The summed E-state index contributed by atoms with van der Waals surface area (Å²) in [6.07, 6.45) is 2.47. The van der Waals surface area contributed by atoms with Crippen molar-refractivity contribution in [2.75, 3.05) is 28.6 Å². The molecule has 0 bridgehead atoms. The van der Waals surface area contributed by atoms with Gasteiger partial charge in [-0.15, -0.1) is 0 Å². The Kier molecular flexibility index (Phi) is 2.15. The maximum Gasteiger partial charge on any atom is 0.0234 e. The van der Waals surface area contributed by atoms with Crippen molar-refractivity contribution in [3.8, 4) is 0 Å². The number of thioether (sulfide) groups is 1. The van der Waals surface area contributed by atoms with Gasteiger partial charge in [0.15, 0.2) is 0 Å². The lowest BCUT2D eigenvalue weighted by Crippen LogP contribution is -1.80. The van der Waals surface area contributed by atoms with Crippen LogP contribution in [-0.4, -0.2) is 28.6 Å². The van der Waals surface area contributed by atoms with Gasteiger partial charge in [0.05, 0.1) is 0 Å². The second-order valence-corrected chi connectivity index (χ2v) is 8.20. The smallest absolute Gasteiger partial charge is 0.0234 e. The molecule has 1 rings (SSSR count). The summed E-state index contributed by atoms with van der Waals surface area (Å²) in [4.78, 5) is 0. The Morgan fingerprint density at radius 2 is 2.12 bits per heavy atom. The quantitative estimate of drug-likeness (QED) is 0.555. The summed E-state index contributed by atoms with van der Waals surface area (Å²) < 4.78 is 0. The first kappa shape index (κ1) is 6.81. The summed E-state index contributed by atoms with van der Waals surface area (Å²) in [7, 11) is 0.0267. The molecule has 0 unspecified atom stereocenters. The Morgan fingerprint density at radius 1 is 1.50 bits per heavy atom. The summed E-state index contributed by atoms with van der Waals surface area (Å²) in [5, 5.41) is 1.48. The van der Waals surface area contributed by atoms with E-state index in [1.807, 2.05) is 0 Å². The van der Waals surface area contributed by atoms with Crippen LogP contribution in [0.3, 0.4) is 0 Å². The molecule has 2 heteroatoms. The third-order valence-corrected chi connectivity index (χ3v) is 6.63. The molecule has 0 aromatic rings. The van der Waals surface area contributed by atoms with Crippen LogP contribution in [-0.2, 0) is 0 Å². The molecule has 1 aliphatic heterocycles. The van der Waals surface area contributed by atoms with Gasteiger partial charge in [0, 0.05) is 5.08 Å². The second-order valence-electron chi connectivity index (χ2n) is 2.50. The minimum Gasteiger partial charge on any atom is -0.233 e. The van der Waals surface area contributed by atoms with Crippen molar-refractivity contribution < 1.29 is 0 Å². The van der Waals surface area contributed by atoms with Crippen molar-refractivity contribution in [1.82, 2.24) is 0 Å². The van der Waals surface area contributed by atoms with Crippen LogP contribution in [0.25, 0.3) is 0 Å². The zero-order valence-electron chi connectivity index (χ0n) is 5.64. The molecule has 1 fully saturated rings. The zero-order valence-corrected chi connectivity index (χ0v) is 7.28. The normalized spacial score (nSPS) is 27.2. The molecule has 1 heterocycles. The van der Waals surface area contributed by atoms with E-state index in [2.05, 4.69) is 24.9 Å². The van der Waals surface area contributed by atoms with Gasteiger partial charge in [-0.05, 0) is 23.5 Å². The standard InChI is InChI=1S/C6H14S2/c1-3-7-6-8(2)4-5-8/h3-6H2,1-2H3. The van der Waals surface area contributed by atoms with Crippen molar-refractivity contribution in [2.45, 2.75) is 6.92 Å². The van der Waals surface area contributed by atoms with E-state index < -0.39 is 0 Å². The summed E-state index contributed by atoms with van der Waals surface area (Å²) >= 11 is 2.11. The van der Waals surface area contributed by atoms with E-state index in [4.69, 9.17) is 0 Å². The van der Waals surface area contributed by atoms with Gasteiger partial charge in [-0.3, -0.25) is 0 Å². The molecule has 1 saturated heterocycles. The topological polar surface area (TPSA) is 0 Å². The number of rotatable bonds is 3. The Bertz CT molecular complexity index is 76.6. The fourth-order valence-electron chi connectivity index (χ4n) is 0.545. The minimum absolute atomic E-state index is 0.0267. The molecule has 0 N–H and O–H groups in total. The van der Waals surface area contributed by atoms with E-state index in [1.165, 1.54) is 10.8 Å². The second kappa shape index (κ2) is 2.53. The molecular formula is C6H14S2. The van der Waals surface area contributed by atoms with Crippen LogP contribution in [0.2, 0.25) is 0 Å². The Balaban J connectivity index is 2.01. The zero-order chi connectivity index (χ0) is 6.04. The predicted molar refractivity (Wildman–Crippen MR) is 46.2 cm³/mol. The van der Waals surface area contributed by atoms with Gasteiger partial charge < -0.3 is 0 Å². The van der Waals surface area contributed by atoms with Crippen molar-refractivity contribution in [3.05, 3.63) is 0 Å². The molecule has 0 atom stereocenters. The fraction of sp³-hybridized carbons (Fsp3) is 1.00. The van der Waals surface area contributed by atoms with Gasteiger partial charge in [0.25, 0.3) is 0 Å². The summed E-state index contributed by atoms with van der Waals surface area (Å²) in [6, 6.07) is 0. The lowest BCUT2D eigenvalue weighted by atomic mass is 11.0. The van der Waals surface area contributed by atoms with E-state index in [-0.39, 0.29) is 10.0 Å². The molecule has 0 aromatic heterocycles. The van der Waals surface area contributed by atoms with Crippen LogP contribution in [0.4, 0.5) is 0 Å². The highest BCUT2D eigenvalue weighted by Crippen LogP contribution is 2.59. The largest absolute Gasteiger partial charge is 0.233 e. The highest BCUT2D eigenvalue weighted by atomic mass is 32.3. The lowest BCUT2D eigenvalue weighted by molar-refractivity contribution is 1.53. The van der Waals surface area contributed by atoms with Crippen molar-refractivity contribution in [3.63, 3.8) is 0 Å². The van der Waals surface area contributed by atoms with E-state index in [0.717, 1.165) is 0 Å². The van der Waals surface area contributed by atoms with Gasteiger partial charge in [-0.2, -0.15) is 11.8 Å². The molecule has 50 valence electrons. The van der Waals surface area contributed by atoms with Crippen molar-refractivity contribution in [2.24, 2.45) is 0 Å². The van der Waals surface area contributed by atoms with Crippen molar-refractivity contribution in [1.29, 1.82) is 0 Å². The van der Waals surface area contributed by atoms with Gasteiger partial charge in [-0.1, -0.05) is 6.92 Å².